The summed E-state index contributed by atoms with van der Waals surface area (Å²) in [6.07, 6.45) is 7.18. The molecule has 1 atom stereocenters. The maximum absolute atomic E-state index is 5.56. The van der Waals surface area contributed by atoms with Crippen LogP contribution in [-0.4, -0.2) is 25.3 Å². The van der Waals surface area contributed by atoms with Crippen LogP contribution in [0.5, 0.6) is 0 Å². The number of nitrogens with one attached hydrogen (secondary N) is 1. The molecule has 0 spiro atoms. The zero-order valence-corrected chi connectivity index (χ0v) is 8.59. The standard InChI is InChI=1S/C11H21NO/c1-2-9-6-10(7-9)12-8-11-4-3-5-13-11/h9-12H,2-8H2,1H3/t9?,10?,11-/m0/s1. The molecule has 76 valence electrons. The zero-order chi connectivity index (χ0) is 9.10. The average Bonchev–Trinajstić information content (AvgIpc) is 2.54. The third-order valence-corrected chi connectivity index (χ3v) is 3.47. The summed E-state index contributed by atoms with van der Waals surface area (Å²) in [6, 6.07) is 0.800. The van der Waals surface area contributed by atoms with Crippen LogP contribution in [-0.2, 0) is 4.74 Å². The second-order valence-electron chi connectivity index (χ2n) is 4.49. The summed E-state index contributed by atoms with van der Waals surface area (Å²) in [7, 11) is 0. The molecule has 2 aliphatic rings. The smallest absolute Gasteiger partial charge is 0.0700 e. The van der Waals surface area contributed by atoms with Crippen LogP contribution >= 0.6 is 0 Å². The van der Waals surface area contributed by atoms with Gasteiger partial charge in [-0.2, -0.15) is 0 Å². The number of rotatable bonds is 4. The van der Waals surface area contributed by atoms with Crippen molar-refractivity contribution in [2.24, 2.45) is 5.92 Å². The van der Waals surface area contributed by atoms with Crippen LogP contribution < -0.4 is 5.32 Å². The fourth-order valence-corrected chi connectivity index (χ4v) is 2.34. The molecule has 1 saturated carbocycles. The van der Waals surface area contributed by atoms with Crippen LogP contribution in [0.4, 0.5) is 0 Å². The van der Waals surface area contributed by atoms with Crippen LogP contribution in [0.25, 0.3) is 0 Å². The van der Waals surface area contributed by atoms with Gasteiger partial charge in [0.1, 0.15) is 0 Å². The van der Waals surface area contributed by atoms with Crippen molar-refractivity contribution in [1.82, 2.24) is 5.32 Å². The highest BCUT2D eigenvalue weighted by molar-refractivity contribution is 4.85. The summed E-state index contributed by atoms with van der Waals surface area (Å²) in [4.78, 5) is 0. The Morgan fingerprint density at radius 1 is 1.38 bits per heavy atom. The average molecular weight is 183 g/mol. The van der Waals surface area contributed by atoms with Gasteiger partial charge in [0.25, 0.3) is 0 Å². The Morgan fingerprint density at radius 2 is 2.23 bits per heavy atom. The quantitative estimate of drug-likeness (QED) is 0.719. The lowest BCUT2D eigenvalue weighted by Gasteiger charge is -2.36. The van der Waals surface area contributed by atoms with E-state index in [-0.39, 0.29) is 0 Å². The summed E-state index contributed by atoms with van der Waals surface area (Å²) in [6.45, 7) is 4.36. The molecular weight excluding hydrogens is 162 g/mol. The van der Waals surface area contributed by atoms with E-state index in [2.05, 4.69) is 12.2 Å². The summed E-state index contributed by atoms with van der Waals surface area (Å²) < 4.78 is 5.56. The van der Waals surface area contributed by atoms with E-state index >= 15 is 0 Å². The lowest BCUT2D eigenvalue weighted by molar-refractivity contribution is 0.0979. The minimum absolute atomic E-state index is 0.515. The molecule has 0 radical (unpaired) electrons. The molecule has 1 aliphatic carbocycles. The van der Waals surface area contributed by atoms with Gasteiger partial charge in [0.05, 0.1) is 6.10 Å². The molecular formula is C11H21NO. The first-order valence-electron chi connectivity index (χ1n) is 5.73. The topological polar surface area (TPSA) is 21.3 Å². The molecule has 1 heterocycles. The van der Waals surface area contributed by atoms with Gasteiger partial charge in [-0.25, -0.2) is 0 Å². The second kappa shape index (κ2) is 4.43. The van der Waals surface area contributed by atoms with E-state index in [0.717, 1.165) is 25.1 Å². The first-order chi connectivity index (χ1) is 6.38. The predicted molar refractivity (Wildman–Crippen MR) is 53.8 cm³/mol. The van der Waals surface area contributed by atoms with Gasteiger partial charge in [-0.05, 0) is 31.6 Å². The van der Waals surface area contributed by atoms with Gasteiger partial charge in [0, 0.05) is 19.2 Å². The molecule has 0 amide bonds. The zero-order valence-electron chi connectivity index (χ0n) is 8.59. The van der Waals surface area contributed by atoms with Crippen LogP contribution in [0.15, 0.2) is 0 Å². The van der Waals surface area contributed by atoms with E-state index in [4.69, 9.17) is 4.74 Å². The van der Waals surface area contributed by atoms with E-state index < -0.39 is 0 Å². The van der Waals surface area contributed by atoms with E-state index in [1.165, 1.54) is 32.1 Å². The molecule has 2 fully saturated rings. The SMILES string of the molecule is CCC1CC(NC[C@@H]2CCCO2)C1. The number of hydrogen-bond acceptors (Lipinski definition) is 2. The highest BCUT2D eigenvalue weighted by atomic mass is 16.5. The molecule has 0 aromatic carbocycles. The summed E-state index contributed by atoms with van der Waals surface area (Å²) >= 11 is 0. The monoisotopic (exact) mass is 183 g/mol. The van der Waals surface area contributed by atoms with Crippen molar-refractivity contribution in [3.05, 3.63) is 0 Å². The van der Waals surface area contributed by atoms with Crippen molar-refractivity contribution in [3.63, 3.8) is 0 Å². The van der Waals surface area contributed by atoms with Gasteiger partial charge >= 0.3 is 0 Å². The van der Waals surface area contributed by atoms with Crippen molar-refractivity contribution >= 4 is 0 Å². The van der Waals surface area contributed by atoms with Crippen molar-refractivity contribution in [3.8, 4) is 0 Å². The number of ether oxygens (including phenoxy) is 1. The Hall–Kier alpha value is -0.0800. The molecule has 1 N–H and O–H groups in total. The van der Waals surface area contributed by atoms with Gasteiger partial charge in [0.2, 0.25) is 0 Å². The lowest BCUT2D eigenvalue weighted by Crippen LogP contribution is -2.43. The Morgan fingerprint density at radius 3 is 2.85 bits per heavy atom. The van der Waals surface area contributed by atoms with Gasteiger partial charge in [-0.3, -0.25) is 0 Å². The third kappa shape index (κ3) is 2.44. The molecule has 1 aliphatic heterocycles. The summed E-state index contributed by atoms with van der Waals surface area (Å²) in [5, 5.41) is 3.60. The minimum atomic E-state index is 0.515. The molecule has 1 saturated heterocycles. The molecule has 0 aromatic rings. The van der Waals surface area contributed by atoms with E-state index in [1.807, 2.05) is 0 Å². The molecule has 13 heavy (non-hydrogen) atoms. The molecule has 0 unspecified atom stereocenters. The van der Waals surface area contributed by atoms with Gasteiger partial charge in [-0.1, -0.05) is 13.3 Å². The minimum Gasteiger partial charge on any atom is -0.377 e. The fraction of sp³-hybridized carbons (Fsp3) is 1.00. The first-order valence-corrected chi connectivity index (χ1v) is 5.73. The Kier molecular flexibility index (Phi) is 3.23. The van der Waals surface area contributed by atoms with Crippen molar-refractivity contribution in [2.45, 2.75) is 51.2 Å². The Bertz CT molecular complexity index is 148. The maximum Gasteiger partial charge on any atom is 0.0700 e. The van der Waals surface area contributed by atoms with Crippen molar-refractivity contribution in [1.29, 1.82) is 0 Å². The summed E-state index contributed by atoms with van der Waals surface area (Å²) in [5.41, 5.74) is 0. The van der Waals surface area contributed by atoms with Crippen molar-refractivity contribution < 1.29 is 4.74 Å². The normalized spacial score (nSPS) is 39.0. The molecule has 0 aromatic heterocycles. The largest absolute Gasteiger partial charge is 0.377 e. The third-order valence-electron chi connectivity index (χ3n) is 3.47. The van der Waals surface area contributed by atoms with Crippen LogP contribution in [0, 0.1) is 5.92 Å². The molecule has 2 rings (SSSR count). The fourth-order valence-electron chi connectivity index (χ4n) is 2.34. The highest BCUT2D eigenvalue weighted by Crippen LogP contribution is 2.29. The highest BCUT2D eigenvalue weighted by Gasteiger charge is 2.28. The van der Waals surface area contributed by atoms with Crippen LogP contribution in [0.1, 0.15) is 39.0 Å². The number of hydrogen-bond donors (Lipinski definition) is 1. The summed E-state index contributed by atoms with van der Waals surface area (Å²) in [5.74, 6) is 1.00. The maximum atomic E-state index is 5.56. The van der Waals surface area contributed by atoms with Crippen LogP contribution in [0.2, 0.25) is 0 Å². The van der Waals surface area contributed by atoms with Crippen molar-refractivity contribution in [2.75, 3.05) is 13.2 Å². The Balaban J connectivity index is 1.54. The van der Waals surface area contributed by atoms with Crippen LogP contribution in [0.3, 0.4) is 0 Å². The predicted octanol–water partition coefficient (Wildman–Crippen LogP) is 1.94. The van der Waals surface area contributed by atoms with E-state index in [9.17, 15) is 0 Å². The first kappa shape index (κ1) is 9.47. The molecule has 2 nitrogen and oxygen atoms in total. The Labute approximate surface area is 81.0 Å². The second-order valence-corrected chi connectivity index (χ2v) is 4.49. The van der Waals surface area contributed by atoms with Gasteiger partial charge in [0.15, 0.2) is 0 Å². The van der Waals surface area contributed by atoms with E-state index in [1.54, 1.807) is 0 Å². The van der Waals surface area contributed by atoms with Gasteiger partial charge in [-0.15, -0.1) is 0 Å². The lowest BCUT2D eigenvalue weighted by atomic mass is 9.78. The molecule has 0 bridgehead atoms. The van der Waals surface area contributed by atoms with Gasteiger partial charge < -0.3 is 10.1 Å². The molecule has 2 heteroatoms. The van der Waals surface area contributed by atoms with E-state index in [0.29, 0.717) is 6.10 Å².